The van der Waals surface area contributed by atoms with Crippen molar-refractivity contribution in [1.82, 2.24) is 4.98 Å². The Kier molecular flexibility index (Phi) is 4.93. The van der Waals surface area contributed by atoms with Crippen molar-refractivity contribution in [3.63, 3.8) is 0 Å². The summed E-state index contributed by atoms with van der Waals surface area (Å²) in [5, 5.41) is 5.84. The van der Waals surface area contributed by atoms with Crippen molar-refractivity contribution in [2.45, 2.75) is 13.5 Å². The molecule has 1 N–H and O–H groups in total. The molecule has 0 unspecified atom stereocenters. The minimum absolute atomic E-state index is 0.221. The molecule has 1 amide bonds. The first kappa shape index (κ1) is 17.4. The van der Waals surface area contributed by atoms with Crippen molar-refractivity contribution < 1.29 is 19.0 Å². The molecule has 0 saturated carbocycles. The zero-order chi connectivity index (χ0) is 18.6. The smallest absolute Gasteiger partial charge is 0.255 e. The Morgan fingerprint density at radius 1 is 1.19 bits per heavy atom. The molecule has 0 bridgehead atoms. The summed E-state index contributed by atoms with van der Waals surface area (Å²) >= 11 is 1.58. The van der Waals surface area contributed by atoms with Gasteiger partial charge in [-0.25, -0.2) is 4.98 Å². The van der Waals surface area contributed by atoms with E-state index in [0.717, 1.165) is 10.7 Å². The third-order valence-corrected chi connectivity index (χ3v) is 4.77. The molecule has 2 heterocycles. The van der Waals surface area contributed by atoms with Gasteiger partial charge in [0, 0.05) is 22.7 Å². The molecule has 0 spiro atoms. The maximum absolute atomic E-state index is 12.6. The summed E-state index contributed by atoms with van der Waals surface area (Å²) in [5.41, 5.74) is 2.04. The maximum atomic E-state index is 12.6. The van der Waals surface area contributed by atoms with Gasteiger partial charge in [-0.05, 0) is 37.3 Å². The van der Waals surface area contributed by atoms with Crippen molar-refractivity contribution in [3.8, 4) is 17.2 Å². The van der Waals surface area contributed by atoms with E-state index in [1.807, 2.05) is 18.4 Å². The molecule has 4 rings (SSSR count). The van der Waals surface area contributed by atoms with E-state index >= 15 is 0 Å². The van der Waals surface area contributed by atoms with E-state index in [-0.39, 0.29) is 5.91 Å². The van der Waals surface area contributed by atoms with Gasteiger partial charge >= 0.3 is 0 Å². The van der Waals surface area contributed by atoms with Gasteiger partial charge in [-0.3, -0.25) is 4.79 Å². The lowest BCUT2D eigenvalue weighted by Gasteiger charge is -2.19. The molecule has 6 nitrogen and oxygen atoms in total. The third kappa shape index (κ3) is 4.20. The number of nitrogens with zero attached hydrogens (tertiary/aromatic N) is 1. The van der Waals surface area contributed by atoms with E-state index in [1.54, 1.807) is 47.7 Å². The quantitative estimate of drug-likeness (QED) is 0.721. The first-order chi connectivity index (χ1) is 13.2. The molecule has 0 saturated heterocycles. The highest BCUT2D eigenvalue weighted by atomic mass is 32.1. The van der Waals surface area contributed by atoms with Crippen molar-refractivity contribution in [2.24, 2.45) is 0 Å². The van der Waals surface area contributed by atoms with E-state index in [9.17, 15) is 4.79 Å². The minimum atomic E-state index is -0.221. The van der Waals surface area contributed by atoms with Crippen LogP contribution >= 0.6 is 11.3 Å². The molecule has 0 fully saturated rings. The fraction of sp³-hybridized carbons (Fsp3) is 0.200. The molecule has 0 radical (unpaired) electrons. The molecule has 0 aliphatic carbocycles. The number of aryl methyl sites for hydroxylation is 1. The normalized spacial score (nSPS) is 12.5. The number of rotatable bonds is 5. The van der Waals surface area contributed by atoms with Crippen LogP contribution in [0.4, 0.5) is 5.69 Å². The van der Waals surface area contributed by atoms with Crippen LogP contribution in [0.2, 0.25) is 0 Å². The van der Waals surface area contributed by atoms with Crippen LogP contribution in [0.5, 0.6) is 17.2 Å². The average molecular weight is 382 g/mol. The number of anilines is 1. The third-order valence-electron chi connectivity index (χ3n) is 3.95. The number of hydrogen-bond donors (Lipinski definition) is 1. The molecule has 138 valence electrons. The Labute approximate surface area is 160 Å². The standard InChI is InChI=1S/C20H18N2O4S/c1-13-21-16(12-27-13)11-26-17-4-2-3-14(9-17)20(23)22-15-5-6-18-19(10-15)25-8-7-24-18/h2-6,9-10,12H,7-8,11H2,1H3,(H,22,23). The van der Waals surface area contributed by atoms with Crippen LogP contribution in [0.15, 0.2) is 47.8 Å². The molecule has 1 aliphatic rings. The van der Waals surface area contributed by atoms with E-state index < -0.39 is 0 Å². The van der Waals surface area contributed by atoms with Gasteiger partial charge in [0.2, 0.25) is 0 Å². The molecule has 1 aliphatic heterocycles. The Morgan fingerprint density at radius 3 is 2.85 bits per heavy atom. The molecule has 3 aromatic rings. The summed E-state index contributed by atoms with van der Waals surface area (Å²) < 4.78 is 16.8. The molecular formula is C20H18N2O4S. The highest BCUT2D eigenvalue weighted by molar-refractivity contribution is 7.09. The second-order valence-corrected chi connectivity index (χ2v) is 7.05. The number of fused-ring (bicyclic) bond motifs is 1. The van der Waals surface area contributed by atoms with Crippen molar-refractivity contribution >= 4 is 22.9 Å². The summed E-state index contributed by atoms with van der Waals surface area (Å²) in [7, 11) is 0. The largest absolute Gasteiger partial charge is 0.487 e. The Hall–Kier alpha value is -3.06. The predicted octanol–water partition coefficient (Wildman–Crippen LogP) is 4.05. The number of hydrogen-bond acceptors (Lipinski definition) is 6. The van der Waals surface area contributed by atoms with E-state index in [2.05, 4.69) is 10.3 Å². The number of nitrogens with one attached hydrogen (secondary N) is 1. The van der Waals surface area contributed by atoms with Gasteiger partial charge in [-0.2, -0.15) is 0 Å². The summed E-state index contributed by atoms with van der Waals surface area (Å²) in [5.74, 6) is 1.72. The van der Waals surface area contributed by atoms with Gasteiger partial charge < -0.3 is 19.5 Å². The van der Waals surface area contributed by atoms with Crippen LogP contribution in [0.1, 0.15) is 21.1 Å². The summed E-state index contributed by atoms with van der Waals surface area (Å²) in [4.78, 5) is 16.9. The SMILES string of the molecule is Cc1nc(COc2cccc(C(=O)Nc3ccc4c(c3)OCCO4)c2)cs1. The molecular weight excluding hydrogens is 364 g/mol. The first-order valence-electron chi connectivity index (χ1n) is 8.52. The number of carbonyl (C=O) groups is 1. The lowest BCUT2D eigenvalue weighted by atomic mass is 10.2. The second kappa shape index (κ2) is 7.67. The summed E-state index contributed by atoms with van der Waals surface area (Å²) in [6.45, 7) is 3.36. The van der Waals surface area contributed by atoms with Gasteiger partial charge in [0.25, 0.3) is 5.91 Å². The van der Waals surface area contributed by atoms with Crippen LogP contribution < -0.4 is 19.5 Å². The first-order valence-corrected chi connectivity index (χ1v) is 9.40. The van der Waals surface area contributed by atoms with Crippen LogP contribution in [-0.4, -0.2) is 24.1 Å². The fourth-order valence-corrected chi connectivity index (χ4v) is 3.28. The zero-order valence-electron chi connectivity index (χ0n) is 14.7. The van der Waals surface area contributed by atoms with Crippen molar-refractivity contribution in [3.05, 3.63) is 64.1 Å². The number of thiazole rings is 1. The number of aromatic nitrogens is 1. The lowest BCUT2D eigenvalue weighted by Crippen LogP contribution is -2.16. The highest BCUT2D eigenvalue weighted by Crippen LogP contribution is 2.32. The van der Waals surface area contributed by atoms with E-state index in [1.165, 1.54) is 0 Å². The molecule has 27 heavy (non-hydrogen) atoms. The minimum Gasteiger partial charge on any atom is -0.487 e. The monoisotopic (exact) mass is 382 g/mol. The zero-order valence-corrected chi connectivity index (χ0v) is 15.5. The topological polar surface area (TPSA) is 69.7 Å². The number of ether oxygens (including phenoxy) is 3. The highest BCUT2D eigenvalue weighted by Gasteiger charge is 2.14. The second-order valence-electron chi connectivity index (χ2n) is 5.99. The van der Waals surface area contributed by atoms with Gasteiger partial charge in [0.15, 0.2) is 11.5 Å². The Bertz CT molecular complexity index is 970. The van der Waals surface area contributed by atoms with Crippen molar-refractivity contribution in [2.75, 3.05) is 18.5 Å². The lowest BCUT2D eigenvalue weighted by molar-refractivity contribution is 0.102. The van der Waals surface area contributed by atoms with Crippen molar-refractivity contribution in [1.29, 1.82) is 0 Å². The Morgan fingerprint density at radius 2 is 2.04 bits per heavy atom. The van der Waals surface area contributed by atoms with Gasteiger partial charge in [-0.1, -0.05) is 6.07 Å². The van der Waals surface area contributed by atoms with Gasteiger partial charge in [-0.15, -0.1) is 11.3 Å². The summed E-state index contributed by atoms with van der Waals surface area (Å²) in [6.07, 6.45) is 0. The molecule has 7 heteroatoms. The van der Waals surface area contributed by atoms with Crippen LogP contribution in [0.3, 0.4) is 0 Å². The van der Waals surface area contributed by atoms with Gasteiger partial charge in [0.1, 0.15) is 25.6 Å². The van der Waals surface area contributed by atoms with E-state index in [4.69, 9.17) is 14.2 Å². The number of carbonyl (C=O) groups excluding carboxylic acids is 1. The molecule has 0 atom stereocenters. The maximum Gasteiger partial charge on any atom is 0.255 e. The Balaban J connectivity index is 1.42. The molecule has 1 aromatic heterocycles. The summed E-state index contributed by atoms with van der Waals surface area (Å²) in [6, 6.07) is 12.4. The fourth-order valence-electron chi connectivity index (χ4n) is 2.68. The van der Waals surface area contributed by atoms with Crippen LogP contribution in [0, 0.1) is 6.92 Å². The molecule has 2 aromatic carbocycles. The van der Waals surface area contributed by atoms with E-state index in [0.29, 0.717) is 48.3 Å². The van der Waals surface area contributed by atoms with Crippen LogP contribution in [-0.2, 0) is 6.61 Å². The predicted molar refractivity (Wildman–Crippen MR) is 103 cm³/mol. The van der Waals surface area contributed by atoms with Gasteiger partial charge in [0.05, 0.1) is 10.7 Å². The number of benzene rings is 2. The number of amides is 1. The van der Waals surface area contributed by atoms with Crippen LogP contribution in [0.25, 0.3) is 0 Å². The average Bonchev–Trinajstić information content (AvgIpc) is 3.12.